The second kappa shape index (κ2) is 6.75. The smallest absolute Gasteiger partial charge is 0.116 e. The van der Waals surface area contributed by atoms with Gasteiger partial charge in [-0.15, -0.1) is 11.6 Å². The van der Waals surface area contributed by atoms with Gasteiger partial charge in [-0.25, -0.2) is 0 Å². The van der Waals surface area contributed by atoms with E-state index in [0.29, 0.717) is 12.4 Å². The van der Waals surface area contributed by atoms with E-state index in [9.17, 15) is 0 Å². The Hall–Kier alpha value is -2.13. The summed E-state index contributed by atoms with van der Waals surface area (Å²) >= 11 is 5.84. The molecule has 1 atom stereocenters. The average molecular weight is 312 g/mol. The van der Waals surface area contributed by atoms with Crippen molar-refractivity contribution in [2.75, 3.05) is 5.88 Å². The molecule has 2 aromatic carbocycles. The summed E-state index contributed by atoms with van der Waals surface area (Å²) in [6.45, 7) is 2.78. The lowest BCUT2D eigenvalue weighted by molar-refractivity contribution is 0.565. The van der Waals surface area contributed by atoms with Crippen LogP contribution in [0.4, 0.5) is 0 Å². The van der Waals surface area contributed by atoms with Crippen LogP contribution in [0.2, 0.25) is 0 Å². The van der Waals surface area contributed by atoms with Gasteiger partial charge >= 0.3 is 0 Å². The molecule has 0 bridgehead atoms. The van der Waals surface area contributed by atoms with E-state index in [1.165, 1.54) is 5.56 Å². The van der Waals surface area contributed by atoms with Crippen LogP contribution in [-0.2, 0) is 6.54 Å². The fourth-order valence-electron chi connectivity index (χ4n) is 2.53. The summed E-state index contributed by atoms with van der Waals surface area (Å²) in [7, 11) is 0. The van der Waals surface area contributed by atoms with E-state index >= 15 is 0 Å². The van der Waals surface area contributed by atoms with Gasteiger partial charge < -0.3 is 0 Å². The highest BCUT2D eigenvalue weighted by Gasteiger charge is 2.20. The number of aromatic nitrogens is 3. The molecule has 0 aliphatic rings. The van der Waals surface area contributed by atoms with Crippen LogP contribution in [0, 0.1) is 0 Å². The van der Waals surface area contributed by atoms with Gasteiger partial charge in [-0.3, -0.25) is 0 Å². The molecule has 3 aromatic rings. The Labute approximate surface area is 135 Å². The molecule has 0 aliphatic heterocycles. The SMILES string of the molecule is CC(c1ccccc1)c1nn(CCCl)nc1-c1ccccc1. The van der Waals surface area contributed by atoms with Crippen molar-refractivity contribution in [1.82, 2.24) is 15.0 Å². The first kappa shape index (κ1) is 14.8. The van der Waals surface area contributed by atoms with E-state index < -0.39 is 0 Å². The number of nitrogens with zero attached hydrogens (tertiary/aromatic N) is 3. The summed E-state index contributed by atoms with van der Waals surface area (Å²) in [4.78, 5) is 1.70. The third kappa shape index (κ3) is 3.04. The molecule has 0 amide bonds. The van der Waals surface area contributed by atoms with Gasteiger partial charge in [0.05, 0.1) is 12.2 Å². The highest BCUT2D eigenvalue weighted by Crippen LogP contribution is 2.30. The summed E-state index contributed by atoms with van der Waals surface area (Å²) in [6.07, 6.45) is 0. The van der Waals surface area contributed by atoms with Gasteiger partial charge in [-0.05, 0) is 5.56 Å². The number of halogens is 1. The molecule has 1 aromatic heterocycles. The first-order chi connectivity index (χ1) is 10.8. The molecule has 112 valence electrons. The molecule has 0 saturated heterocycles. The van der Waals surface area contributed by atoms with E-state index in [1.807, 2.05) is 24.3 Å². The Morgan fingerprint density at radius 2 is 1.59 bits per heavy atom. The monoisotopic (exact) mass is 311 g/mol. The largest absolute Gasteiger partial charge is 0.183 e. The fourth-order valence-corrected chi connectivity index (χ4v) is 2.68. The zero-order valence-corrected chi connectivity index (χ0v) is 13.2. The molecule has 0 N–H and O–H groups in total. The van der Waals surface area contributed by atoms with Crippen LogP contribution in [-0.4, -0.2) is 20.9 Å². The van der Waals surface area contributed by atoms with Crippen LogP contribution in [0.1, 0.15) is 24.1 Å². The van der Waals surface area contributed by atoms with Gasteiger partial charge in [-0.2, -0.15) is 15.0 Å². The maximum atomic E-state index is 5.84. The Kier molecular flexibility index (Phi) is 4.54. The minimum atomic E-state index is 0.181. The molecule has 4 heteroatoms. The normalized spacial score (nSPS) is 12.3. The van der Waals surface area contributed by atoms with Crippen molar-refractivity contribution < 1.29 is 0 Å². The first-order valence-corrected chi connectivity index (χ1v) is 7.94. The second-order valence-electron chi connectivity index (χ2n) is 5.22. The minimum absolute atomic E-state index is 0.181. The third-order valence-corrected chi connectivity index (χ3v) is 3.89. The zero-order valence-electron chi connectivity index (χ0n) is 12.5. The van der Waals surface area contributed by atoms with E-state index in [-0.39, 0.29) is 5.92 Å². The molecule has 0 saturated carbocycles. The quantitative estimate of drug-likeness (QED) is 0.656. The van der Waals surface area contributed by atoms with E-state index in [0.717, 1.165) is 17.0 Å². The highest BCUT2D eigenvalue weighted by atomic mass is 35.5. The predicted octanol–water partition coefficient (Wildman–Crippen LogP) is 4.34. The van der Waals surface area contributed by atoms with Gasteiger partial charge in [0.15, 0.2) is 0 Å². The molecule has 1 unspecified atom stereocenters. The summed E-state index contributed by atoms with van der Waals surface area (Å²) in [5.74, 6) is 0.683. The maximum absolute atomic E-state index is 5.84. The van der Waals surface area contributed by atoms with Crippen molar-refractivity contribution in [3.63, 3.8) is 0 Å². The fraction of sp³-hybridized carbons (Fsp3) is 0.222. The van der Waals surface area contributed by atoms with Crippen molar-refractivity contribution in [3.05, 3.63) is 71.9 Å². The topological polar surface area (TPSA) is 30.7 Å². The molecule has 0 radical (unpaired) electrons. The lowest BCUT2D eigenvalue weighted by atomic mass is 9.94. The average Bonchev–Trinajstić information content (AvgIpc) is 3.00. The zero-order chi connectivity index (χ0) is 15.4. The Balaban J connectivity index is 2.06. The van der Waals surface area contributed by atoms with Crippen molar-refractivity contribution in [1.29, 1.82) is 0 Å². The number of hydrogen-bond donors (Lipinski definition) is 0. The van der Waals surface area contributed by atoms with E-state index in [2.05, 4.69) is 53.5 Å². The summed E-state index contributed by atoms with van der Waals surface area (Å²) in [5.41, 5.74) is 4.24. The van der Waals surface area contributed by atoms with Crippen LogP contribution in [0.25, 0.3) is 11.3 Å². The lowest BCUT2D eigenvalue weighted by Gasteiger charge is -2.10. The number of aryl methyl sites for hydroxylation is 1. The van der Waals surface area contributed by atoms with Gasteiger partial charge in [0.25, 0.3) is 0 Å². The standard InChI is InChI=1S/C18H18ClN3/c1-14(15-8-4-2-5-9-15)17-18(16-10-6-3-7-11-16)21-22(20-17)13-12-19/h2-11,14H,12-13H2,1H3. The Bertz CT molecular complexity index is 723. The van der Waals surface area contributed by atoms with E-state index in [1.54, 1.807) is 4.80 Å². The van der Waals surface area contributed by atoms with Gasteiger partial charge in [0.2, 0.25) is 0 Å². The molecule has 3 rings (SSSR count). The summed E-state index contributed by atoms with van der Waals surface area (Å²) < 4.78 is 0. The molecule has 0 aliphatic carbocycles. The van der Waals surface area contributed by atoms with Crippen molar-refractivity contribution in [3.8, 4) is 11.3 Å². The number of benzene rings is 2. The minimum Gasteiger partial charge on any atom is -0.183 e. The van der Waals surface area contributed by atoms with Gasteiger partial charge in [-0.1, -0.05) is 67.6 Å². The summed E-state index contributed by atoms with van der Waals surface area (Å²) in [6, 6.07) is 20.6. The number of rotatable bonds is 5. The van der Waals surface area contributed by atoms with Crippen LogP contribution in [0.5, 0.6) is 0 Å². The molecule has 3 nitrogen and oxygen atoms in total. The molecular formula is C18H18ClN3. The van der Waals surface area contributed by atoms with Crippen LogP contribution in [0.3, 0.4) is 0 Å². The molecule has 1 heterocycles. The second-order valence-corrected chi connectivity index (χ2v) is 5.60. The first-order valence-electron chi connectivity index (χ1n) is 7.41. The molecular weight excluding hydrogens is 294 g/mol. The molecule has 0 spiro atoms. The van der Waals surface area contributed by atoms with Crippen LogP contribution < -0.4 is 0 Å². The van der Waals surface area contributed by atoms with Crippen molar-refractivity contribution >= 4 is 11.6 Å². The van der Waals surface area contributed by atoms with Crippen LogP contribution in [0.15, 0.2) is 60.7 Å². The van der Waals surface area contributed by atoms with Gasteiger partial charge in [0.1, 0.15) is 5.69 Å². The summed E-state index contributed by atoms with van der Waals surface area (Å²) in [5, 5.41) is 9.31. The molecule has 22 heavy (non-hydrogen) atoms. The lowest BCUT2D eigenvalue weighted by Crippen LogP contribution is -2.04. The van der Waals surface area contributed by atoms with Crippen LogP contribution >= 0.6 is 11.6 Å². The van der Waals surface area contributed by atoms with E-state index in [4.69, 9.17) is 11.6 Å². The van der Waals surface area contributed by atoms with Crippen molar-refractivity contribution in [2.45, 2.75) is 19.4 Å². The van der Waals surface area contributed by atoms with Gasteiger partial charge in [0, 0.05) is 17.4 Å². The predicted molar refractivity (Wildman–Crippen MR) is 90.1 cm³/mol. The maximum Gasteiger partial charge on any atom is 0.116 e. The number of alkyl halides is 1. The number of hydrogen-bond acceptors (Lipinski definition) is 2. The van der Waals surface area contributed by atoms with Crippen molar-refractivity contribution in [2.24, 2.45) is 0 Å². The third-order valence-electron chi connectivity index (χ3n) is 3.72. The molecule has 0 fully saturated rings. The highest BCUT2D eigenvalue weighted by molar-refractivity contribution is 6.17. The Morgan fingerprint density at radius 3 is 2.23 bits per heavy atom. The Morgan fingerprint density at radius 1 is 0.955 bits per heavy atom.